The van der Waals surface area contributed by atoms with Crippen molar-refractivity contribution in [2.45, 2.75) is 39.6 Å². The first-order valence-electron chi connectivity index (χ1n) is 11.1. The van der Waals surface area contributed by atoms with E-state index < -0.39 is 0 Å². The van der Waals surface area contributed by atoms with Crippen molar-refractivity contribution >= 4 is 11.7 Å². The summed E-state index contributed by atoms with van der Waals surface area (Å²) in [5.41, 5.74) is 6.70. The fourth-order valence-corrected chi connectivity index (χ4v) is 4.95. The molecular weight excluding hydrogens is 420 g/mol. The maximum absolute atomic E-state index is 13.0. The number of carbonyl (C=O) groups is 1. The molecule has 33 heavy (non-hydrogen) atoms. The number of ether oxygens (including phenoxy) is 2. The van der Waals surface area contributed by atoms with E-state index >= 15 is 0 Å². The van der Waals surface area contributed by atoms with Gasteiger partial charge >= 0.3 is 11.7 Å². The van der Waals surface area contributed by atoms with Crippen molar-refractivity contribution in [3.8, 4) is 5.69 Å². The monoisotopic (exact) mass is 444 g/mol. The molecule has 0 saturated heterocycles. The first-order valence-corrected chi connectivity index (χ1v) is 11.1. The molecule has 3 aromatic rings. The van der Waals surface area contributed by atoms with Crippen LogP contribution in [-0.4, -0.2) is 38.3 Å². The fourth-order valence-electron chi connectivity index (χ4n) is 4.95. The second-order valence-corrected chi connectivity index (χ2v) is 8.79. The number of hydrogen-bond acceptors (Lipinski definition) is 6. The van der Waals surface area contributed by atoms with Gasteiger partial charge in [0.2, 0.25) is 0 Å². The van der Waals surface area contributed by atoms with Crippen molar-refractivity contribution < 1.29 is 14.3 Å². The largest absolute Gasteiger partial charge is 0.489 e. The molecule has 6 rings (SSSR count). The molecule has 0 atom stereocenters. The lowest BCUT2D eigenvalue weighted by Crippen LogP contribution is -2.38. The lowest BCUT2D eigenvalue weighted by atomic mass is 9.96. The lowest BCUT2D eigenvalue weighted by molar-refractivity contribution is 0.0535. The van der Waals surface area contributed by atoms with Gasteiger partial charge in [0.15, 0.2) is 0 Å². The normalized spacial score (nSPS) is 16.9. The van der Waals surface area contributed by atoms with E-state index in [1.165, 1.54) is 10.2 Å². The van der Waals surface area contributed by atoms with Crippen LogP contribution in [0.4, 0.5) is 0 Å². The number of esters is 1. The molecule has 3 aliphatic rings. The Hall–Kier alpha value is -3.65. The average molecular weight is 444 g/mol. The number of cyclic esters (lactones) is 1. The molecule has 0 N–H and O–H groups in total. The van der Waals surface area contributed by atoms with Crippen molar-refractivity contribution in [1.29, 1.82) is 0 Å². The number of benzene rings is 2. The third-order valence-electron chi connectivity index (χ3n) is 6.96. The Kier molecular flexibility index (Phi) is 4.51. The second kappa shape index (κ2) is 7.45. The molecule has 0 spiro atoms. The highest BCUT2D eigenvalue weighted by Gasteiger charge is 2.26. The van der Waals surface area contributed by atoms with E-state index in [2.05, 4.69) is 23.5 Å². The Morgan fingerprint density at radius 2 is 1.91 bits per heavy atom. The van der Waals surface area contributed by atoms with Gasteiger partial charge in [-0.1, -0.05) is 12.6 Å². The van der Waals surface area contributed by atoms with Gasteiger partial charge in [-0.25, -0.2) is 9.59 Å². The number of fused-ring (bicyclic) bond motifs is 3. The van der Waals surface area contributed by atoms with Crippen LogP contribution in [0.3, 0.4) is 0 Å². The smallest absolute Gasteiger partial charge is 0.350 e. The Morgan fingerprint density at radius 1 is 1.06 bits per heavy atom. The molecule has 4 heterocycles. The maximum Gasteiger partial charge on any atom is 0.350 e. The van der Waals surface area contributed by atoms with E-state index in [0.29, 0.717) is 37.6 Å². The summed E-state index contributed by atoms with van der Waals surface area (Å²) < 4.78 is 13.9. The van der Waals surface area contributed by atoms with Gasteiger partial charge in [0, 0.05) is 36.3 Å². The average Bonchev–Trinajstić information content (AvgIpc) is 3.49. The summed E-state index contributed by atoms with van der Waals surface area (Å²) in [7, 11) is 0. The summed E-state index contributed by atoms with van der Waals surface area (Å²) in [6.07, 6.45) is 0.868. The van der Waals surface area contributed by atoms with E-state index in [0.717, 1.165) is 53.3 Å². The van der Waals surface area contributed by atoms with Gasteiger partial charge in [-0.05, 0) is 48.7 Å². The molecule has 2 aromatic carbocycles. The second-order valence-electron chi connectivity index (χ2n) is 8.79. The molecule has 8 nitrogen and oxygen atoms in total. The van der Waals surface area contributed by atoms with E-state index in [-0.39, 0.29) is 11.7 Å². The van der Waals surface area contributed by atoms with Crippen LogP contribution in [0.1, 0.15) is 44.0 Å². The van der Waals surface area contributed by atoms with Crippen molar-refractivity contribution in [2.75, 3.05) is 13.1 Å². The van der Waals surface area contributed by atoms with Crippen LogP contribution < -0.4 is 5.69 Å². The first kappa shape index (κ1) is 20.0. The lowest BCUT2D eigenvalue weighted by Gasteiger charge is -2.26. The summed E-state index contributed by atoms with van der Waals surface area (Å²) >= 11 is 0. The van der Waals surface area contributed by atoms with Crippen LogP contribution in [0.2, 0.25) is 0 Å². The van der Waals surface area contributed by atoms with Crippen LogP contribution in [-0.2, 0) is 42.2 Å². The predicted molar refractivity (Wildman–Crippen MR) is 121 cm³/mol. The van der Waals surface area contributed by atoms with E-state index in [1.807, 2.05) is 30.3 Å². The summed E-state index contributed by atoms with van der Waals surface area (Å²) in [4.78, 5) is 27.1. The minimum atomic E-state index is -0.231. The maximum atomic E-state index is 13.0. The number of carbonyl (C=O) groups excluding carboxylic acids is 1. The van der Waals surface area contributed by atoms with Gasteiger partial charge in [-0.15, -0.1) is 5.10 Å². The van der Waals surface area contributed by atoms with Crippen molar-refractivity contribution in [3.63, 3.8) is 0 Å². The van der Waals surface area contributed by atoms with Crippen LogP contribution in [0.15, 0.2) is 41.7 Å². The molecule has 0 amide bonds. The summed E-state index contributed by atoms with van der Waals surface area (Å²) in [5, 5.41) is 4.65. The molecule has 8 heteroatoms. The molecule has 0 radical (unpaired) electrons. The van der Waals surface area contributed by atoms with Gasteiger partial charge in [0.05, 0.1) is 17.8 Å². The highest BCUT2D eigenvalue weighted by Crippen LogP contribution is 2.30. The number of nitrogens with zero attached hydrogens (tertiary/aromatic N) is 4. The van der Waals surface area contributed by atoms with E-state index in [1.54, 1.807) is 4.57 Å². The first-order chi connectivity index (χ1) is 16.0. The Morgan fingerprint density at radius 3 is 2.79 bits per heavy atom. The highest BCUT2D eigenvalue weighted by atomic mass is 16.5. The minimum Gasteiger partial charge on any atom is -0.489 e. The topological polar surface area (TPSA) is 78.6 Å². The molecule has 0 fully saturated rings. The predicted octanol–water partition coefficient (Wildman–Crippen LogP) is 2.57. The Labute approximate surface area is 190 Å². The third kappa shape index (κ3) is 3.21. The molecule has 0 bridgehead atoms. The Balaban J connectivity index is 1.19. The molecule has 168 valence electrons. The van der Waals surface area contributed by atoms with Crippen molar-refractivity contribution in [2.24, 2.45) is 0 Å². The van der Waals surface area contributed by atoms with Gasteiger partial charge < -0.3 is 9.47 Å². The van der Waals surface area contributed by atoms with Crippen LogP contribution in [0, 0.1) is 6.92 Å². The zero-order valence-corrected chi connectivity index (χ0v) is 18.5. The van der Waals surface area contributed by atoms with Crippen molar-refractivity contribution in [1.82, 2.24) is 19.2 Å². The van der Waals surface area contributed by atoms with E-state index in [4.69, 9.17) is 9.47 Å². The molecule has 3 aliphatic heterocycles. The quantitative estimate of drug-likeness (QED) is 0.576. The van der Waals surface area contributed by atoms with Gasteiger partial charge in [0.1, 0.15) is 24.8 Å². The van der Waals surface area contributed by atoms with Crippen LogP contribution >= 0.6 is 0 Å². The molecule has 0 aliphatic carbocycles. The minimum absolute atomic E-state index is 0.110. The third-order valence-corrected chi connectivity index (χ3v) is 6.96. The highest BCUT2D eigenvalue weighted by molar-refractivity contribution is 5.93. The summed E-state index contributed by atoms with van der Waals surface area (Å²) in [6, 6.07) is 9.69. The van der Waals surface area contributed by atoms with Gasteiger partial charge in [0.25, 0.3) is 0 Å². The zero-order valence-electron chi connectivity index (χ0n) is 18.5. The Bertz CT molecular complexity index is 1380. The number of rotatable bonds is 4. The van der Waals surface area contributed by atoms with E-state index in [9.17, 15) is 9.59 Å². The van der Waals surface area contributed by atoms with Gasteiger partial charge in [-0.3, -0.25) is 9.47 Å². The molecule has 0 saturated carbocycles. The standard InChI is InChI=1S/C25H24N4O4/c1-15-17(3-5-21-22(15)14-33-24(21)30)7-8-27-9-10-28-23(12-27)26-29(25(28)31)19-4-6-20-16(2)32-13-18(20)11-19/h3-6,11H,2,7-10,12-14H2,1H3. The fraction of sp³-hybridized carbons (Fsp3) is 0.320. The zero-order chi connectivity index (χ0) is 22.7. The van der Waals surface area contributed by atoms with Gasteiger partial charge in [-0.2, -0.15) is 4.68 Å². The van der Waals surface area contributed by atoms with Crippen molar-refractivity contribution in [3.05, 3.63) is 86.6 Å². The number of hydrogen-bond donors (Lipinski definition) is 0. The number of aromatic nitrogens is 3. The molecular formula is C25H24N4O4. The SMILES string of the molecule is C=C1OCc2cc(-n3nc4n(c3=O)CCN(CCc3ccc5c(c3C)COC5=O)C4)ccc21. The summed E-state index contributed by atoms with van der Waals surface area (Å²) in [5.74, 6) is 1.21. The van der Waals surface area contributed by atoms with Crippen LogP contribution in [0.5, 0.6) is 0 Å². The molecule has 0 unspecified atom stereocenters. The molecule has 1 aromatic heterocycles. The summed E-state index contributed by atoms with van der Waals surface area (Å²) in [6.45, 7) is 9.69. The van der Waals surface area contributed by atoms with Crippen LogP contribution in [0.25, 0.3) is 11.4 Å².